The normalized spacial score (nSPS) is 18.7. The number of hydrogen-bond acceptors (Lipinski definition) is 3. The summed E-state index contributed by atoms with van der Waals surface area (Å²) in [5.41, 5.74) is 0. The number of hydrogen-bond donors (Lipinski definition) is 1. The van der Waals surface area contributed by atoms with Crippen molar-refractivity contribution in [3.8, 4) is 0 Å². The van der Waals surface area contributed by atoms with Crippen LogP contribution in [0.5, 0.6) is 0 Å². The van der Waals surface area contributed by atoms with Crippen LogP contribution >= 0.6 is 0 Å². The van der Waals surface area contributed by atoms with E-state index in [1.165, 1.54) is 0 Å². The van der Waals surface area contributed by atoms with Crippen molar-refractivity contribution in [1.82, 2.24) is 5.32 Å². The Bertz CT molecular complexity index is 108. The Hall–Kier alpha value is -0.795. The Labute approximate surface area is 41.7 Å². The SMILES string of the molecule is [B]=C1NCC(=O)O1. The third-order valence-electron chi connectivity index (χ3n) is 0.631. The van der Waals surface area contributed by atoms with E-state index < -0.39 is 0 Å². The molecule has 1 radical (unpaired) electrons. The van der Waals surface area contributed by atoms with Crippen molar-refractivity contribution in [2.24, 2.45) is 0 Å². The summed E-state index contributed by atoms with van der Waals surface area (Å²) in [5, 5.41) is 2.49. The fourth-order valence-electron chi connectivity index (χ4n) is 0.354. The van der Waals surface area contributed by atoms with E-state index in [-0.39, 0.29) is 18.3 Å². The van der Waals surface area contributed by atoms with Gasteiger partial charge in [0.2, 0.25) is 0 Å². The van der Waals surface area contributed by atoms with Crippen LogP contribution in [0.4, 0.5) is 0 Å². The fraction of sp³-hybridized carbons (Fsp3) is 0.333. The molecule has 0 aromatic heterocycles. The Kier molecular flexibility index (Phi) is 0.853. The van der Waals surface area contributed by atoms with E-state index in [0.717, 1.165) is 0 Å². The van der Waals surface area contributed by atoms with E-state index >= 15 is 0 Å². The van der Waals surface area contributed by atoms with E-state index in [0.29, 0.717) is 0 Å². The Balaban J connectivity index is 2.55. The first-order valence-corrected chi connectivity index (χ1v) is 1.86. The summed E-state index contributed by atoms with van der Waals surface area (Å²) in [6, 6.07) is 0. The molecule has 1 aliphatic heterocycles. The van der Waals surface area contributed by atoms with Gasteiger partial charge in [-0.1, -0.05) is 0 Å². The summed E-state index contributed by atoms with van der Waals surface area (Å²) in [6.07, 6.45) is 0. The van der Waals surface area contributed by atoms with Crippen LogP contribution in [0, 0.1) is 0 Å². The van der Waals surface area contributed by atoms with Crippen LogP contribution in [0.15, 0.2) is 0 Å². The Morgan fingerprint density at radius 1 is 1.86 bits per heavy atom. The van der Waals surface area contributed by atoms with Gasteiger partial charge < -0.3 is 0 Å². The Morgan fingerprint density at radius 2 is 2.57 bits per heavy atom. The molecule has 0 spiro atoms. The van der Waals surface area contributed by atoms with E-state index in [1.54, 1.807) is 0 Å². The second-order valence-corrected chi connectivity index (χ2v) is 1.19. The topological polar surface area (TPSA) is 38.3 Å². The fourth-order valence-corrected chi connectivity index (χ4v) is 0.354. The van der Waals surface area contributed by atoms with Gasteiger partial charge in [0.1, 0.15) is 0 Å². The van der Waals surface area contributed by atoms with Gasteiger partial charge in [-0.15, -0.1) is 0 Å². The van der Waals surface area contributed by atoms with E-state index in [9.17, 15) is 4.79 Å². The number of carbonyl (C=O) groups is 1. The number of ether oxygens (including phenoxy) is 1. The van der Waals surface area contributed by atoms with Crippen molar-refractivity contribution in [2.45, 2.75) is 0 Å². The number of esters is 1. The van der Waals surface area contributed by atoms with Crippen molar-refractivity contribution in [2.75, 3.05) is 6.54 Å². The molecule has 3 nitrogen and oxygen atoms in total. The van der Waals surface area contributed by atoms with Gasteiger partial charge in [-0.05, 0) is 0 Å². The van der Waals surface area contributed by atoms with Crippen LogP contribution in [-0.4, -0.2) is 25.8 Å². The second-order valence-electron chi connectivity index (χ2n) is 1.19. The molecule has 0 aromatic carbocycles. The van der Waals surface area contributed by atoms with Gasteiger partial charge >= 0.3 is 40.6 Å². The van der Waals surface area contributed by atoms with Crippen LogP contribution in [-0.2, 0) is 9.53 Å². The first kappa shape index (κ1) is 4.37. The summed E-state index contributed by atoms with van der Waals surface area (Å²) in [6.45, 7) is 0.200. The molecule has 1 fully saturated rings. The maximum atomic E-state index is 10.1. The molecular formula is C3H3BNO2. The summed E-state index contributed by atoms with van der Waals surface area (Å²) >= 11 is 0. The first-order valence-electron chi connectivity index (χ1n) is 1.86. The maximum absolute atomic E-state index is 10.1. The molecule has 1 heterocycles. The van der Waals surface area contributed by atoms with E-state index in [4.69, 9.17) is 7.49 Å². The van der Waals surface area contributed by atoms with Crippen molar-refractivity contribution in [3.63, 3.8) is 0 Å². The third-order valence-corrected chi connectivity index (χ3v) is 0.631. The van der Waals surface area contributed by atoms with Crippen molar-refractivity contribution >= 4 is 19.2 Å². The van der Waals surface area contributed by atoms with Crippen LogP contribution in [0.1, 0.15) is 0 Å². The zero-order valence-corrected chi connectivity index (χ0v) is 3.60. The van der Waals surface area contributed by atoms with E-state index in [2.05, 4.69) is 10.1 Å². The molecule has 0 aliphatic carbocycles. The molecular weight excluding hydrogens is 92.8 g/mol. The summed E-state index contributed by atoms with van der Waals surface area (Å²) < 4.78 is 4.31. The van der Waals surface area contributed by atoms with Crippen LogP contribution < -0.4 is 5.32 Å². The average molecular weight is 95.9 g/mol. The van der Waals surface area contributed by atoms with Gasteiger partial charge in [-0.2, -0.15) is 0 Å². The molecule has 4 heteroatoms. The van der Waals surface area contributed by atoms with E-state index in [1.807, 2.05) is 0 Å². The summed E-state index contributed by atoms with van der Waals surface area (Å²) in [7, 11) is 4.99. The summed E-state index contributed by atoms with van der Waals surface area (Å²) in [5.74, 6) is -0.220. The van der Waals surface area contributed by atoms with Gasteiger partial charge in [0.25, 0.3) is 0 Å². The van der Waals surface area contributed by atoms with Crippen molar-refractivity contribution in [1.29, 1.82) is 0 Å². The standard InChI is InChI=1S/C3H3BNO2/c4-3-5-1-2(6)7-3/h5H,1H2. The minimum absolute atomic E-state index is 0.102. The number of carbonyl (C=O) groups excluding carboxylic acids is 1. The molecule has 35 valence electrons. The zero-order chi connectivity index (χ0) is 5.28. The van der Waals surface area contributed by atoms with Crippen molar-refractivity contribution < 1.29 is 9.53 Å². The molecule has 0 aromatic rings. The average Bonchev–Trinajstić information content (AvgIpc) is 1.87. The molecule has 7 heavy (non-hydrogen) atoms. The van der Waals surface area contributed by atoms with Gasteiger partial charge in [-0.3, -0.25) is 0 Å². The molecule has 0 atom stereocenters. The number of rotatable bonds is 0. The van der Waals surface area contributed by atoms with Gasteiger partial charge in [0.15, 0.2) is 0 Å². The molecule has 0 saturated carbocycles. The number of cyclic esters (lactones) is 1. The molecule has 0 amide bonds. The van der Waals surface area contributed by atoms with Crippen molar-refractivity contribution in [3.05, 3.63) is 0 Å². The predicted molar refractivity (Wildman–Crippen MR) is 24.9 cm³/mol. The van der Waals surface area contributed by atoms with Crippen LogP contribution in [0.25, 0.3) is 0 Å². The molecule has 0 unspecified atom stereocenters. The van der Waals surface area contributed by atoms with Crippen LogP contribution in [0.2, 0.25) is 0 Å². The predicted octanol–water partition coefficient (Wildman–Crippen LogP) is -1.61. The third kappa shape index (κ3) is 0.794. The Morgan fingerprint density at radius 3 is 2.71 bits per heavy atom. The number of nitrogens with one attached hydrogen (secondary N) is 1. The van der Waals surface area contributed by atoms with Gasteiger partial charge in [0, 0.05) is 0 Å². The summed E-state index contributed by atoms with van der Waals surface area (Å²) in [4.78, 5) is 10.1. The zero-order valence-electron chi connectivity index (χ0n) is 3.60. The molecule has 1 N–H and O–H groups in total. The van der Waals surface area contributed by atoms with Crippen LogP contribution in [0.3, 0.4) is 0 Å². The second kappa shape index (κ2) is 1.37. The van der Waals surface area contributed by atoms with Gasteiger partial charge in [0.05, 0.1) is 0 Å². The first-order chi connectivity index (χ1) is 3.29. The molecule has 1 saturated heterocycles. The molecule has 0 bridgehead atoms. The molecule has 1 rings (SSSR count). The molecule has 1 aliphatic rings. The minimum atomic E-state index is -0.322. The quantitative estimate of drug-likeness (QED) is 0.291. The monoisotopic (exact) mass is 96.0 g/mol. The van der Waals surface area contributed by atoms with Gasteiger partial charge in [-0.25, -0.2) is 0 Å².